The fraction of sp³-hybridized carbons (Fsp3) is 0.727. The molecule has 1 atom stereocenters. The summed E-state index contributed by atoms with van der Waals surface area (Å²) in [4.78, 5) is 36.6. The number of likely N-dealkylation sites (N-methyl/N-ethyl adjacent to an activating group) is 1. The first-order chi connectivity index (χ1) is 8.90. The largest absolute Gasteiger partial charge is 0.481 e. The van der Waals surface area contributed by atoms with Gasteiger partial charge in [-0.3, -0.25) is 9.59 Å². The highest BCUT2D eigenvalue weighted by atomic mass is 16.5. The molecule has 1 aliphatic rings. The highest BCUT2D eigenvalue weighted by Crippen LogP contribution is 2.08. The van der Waals surface area contributed by atoms with Crippen LogP contribution in [0.25, 0.3) is 0 Å². The molecule has 0 aromatic heterocycles. The maximum Gasteiger partial charge on any atom is 0.318 e. The van der Waals surface area contributed by atoms with Gasteiger partial charge in [0.2, 0.25) is 5.91 Å². The van der Waals surface area contributed by atoms with E-state index in [-0.39, 0.29) is 31.4 Å². The highest BCUT2D eigenvalue weighted by Gasteiger charge is 2.26. The molecule has 0 aliphatic carbocycles. The van der Waals surface area contributed by atoms with Crippen molar-refractivity contribution in [1.29, 1.82) is 0 Å². The lowest BCUT2D eigenvalue weighted by Crippen LogP contribution is -2.51. The first-order valence-electron chi connectivity index (χ1n) is 5.96. The number of carboxylic acids is 1. The number of aliphatic carboxylic acids is 1. The summed E-state index contributed by atoms with van der Waals surface area (Å²) in [6.07, 6.45) is -0.637. The number of morpholine rings is 1. The maximum atomic E-state index is 11.8. The first-order valence-corrected chi connectivity index (χ1v) is 5.96. The van der Waals surface area contributed by atoms with Crippen LogP contribution in [0, 0.1) is 0 Å². The zero-order valence-electron chi connectivity index (χ0n) is 11.1. The summed E-state index contributed by atoms with van der Waals surface area (Å²) in [5.41, 5.74) is 0. The van der Waals surface area contributed by atoms with E-state index < -0.39 is 12.1 Å². The van der Waals surface area contributed by atoms with E-state index in [9.17, 15) is 14.4 Å². The number of hydrogen-bond donors (Lipinski definition) is 2. The van der Waals surface area contributed by atoms with Crippen molar-refractivity contribution in [3.8, 4) is 0 Å². The van der Waals surface area contributed by atoms with Crippen molar-refractivity contribution in [2.45, 2.75) is 12.5 Å². The second-order valence-electron chi connectivity index (χ2n) is 4.48. The molecule has 3 amide bonds. The average Bonchev–Trinajstić information content (AvgIpc) is 2.34. The Balaban J connectivity index is 2.39. The molecule has 8 nitrogen and oxygen atoms in total. The molecule has 8 heteroatoms. The van der Waals surface area contributed by atoms with E-state index in [1.165, 1.54) is 9.80 Å². The number of amides is 3. The number of rotatable bonds is 4. The zero-order valence-corrected chi connectivity index (χ0v) is 11.1. The minimum atomic E-state index is -0.963. The Morgan fingerprint density at radius 2 is 2.11 bits per heavy atom. The lowest BCUT2D eigenvalue weighted by atomic mass is 10.2. The van der Waals surface area contributed by atoms with Gasteiger partial charge in [-0.05, 0) is 0 Å². The Labute approximate surface area is 111 Å². The van der Waals surface area contributed by atoms with Gasteiger partial charge < -0.3 is 25.0 Å². The molecule has 1 aliphatic heterocycles. The molecule has 1 rings (SSSR count). The van der Waals surface area contributed by atoms with Crippen LogP contribution in [0.15, 0.2) is 0 Å². The highest BCUT2D eigenvalue weighted by molar-refractivity contribution is 5.83. The minimum absolute atomic E-state index is 0.0766. The summed E-state index contributed by atoms with van der Waals surface area (Å²) in [6.45, 7) is 0.826. The monoisotopic (exact) mass is 273 g/mol. The standard InChI is InChI=1S/C11H19N3O5/c1-13(2)9(15)6-12-11(18)14-3-4-19-8(7-14)5-10(16)17/h8H,3-7H2,1-2H3,(H,12,18)(H,16,17). The Morgan fingerprint density at radius 1 is 1.42 bits per heavy atom. The van der Waals surface area contributed by atoms with Gasteiger partial charge in [0.1, 0.15) is 0 Å². The molecule has 19 heavy (non-hydrogen) atoms. The summed E-state index contributed by atoms with van der Waals surface area (Å²) in [7, 11) is 3.21. The summed E-state index contributed by atoms with van der Waals surface area (Å²) < 4.78 is 5.26. The van der Waals surface area contributed by atoms with E-state index in [1.54, 1.807) is 14.1 Å². The lowest BCUT2D eigenvalue weighted by Gasteiger charge is -2.32. The molecular formula is C11H19N3O5. The number of nitrogens with zero attached hydrogens (tertiary/aromatic N) is 2. The van der Waals surface area contributed by atoms with Crippen LogP contribution in [0.1, 0.15) is 6.42 Å². The summed E-state index contributed by atoms with van der Waals surface area (Å²) >= 11 is 0. The number of carbonyl (C=O) groups excluding carboxylic acids is 2. The smallest absolute Gasteiger partial charge is 0.318 e. The Hall–Kier alpha value is -1.83. The molecular weight excluding hydrogens is 254 g/mol. The van der Waals surface area contributed by atoms with Gasteiger partial charge in [0.25, 0.3) is 0 Å². The lowest BCUT2D eigenvalue weighted by molar-refractivity contribution is -0.141. The number of urea groups is 1. The topological polar surface area (TPSA) is 99.2 Å². The van der Waals surface area contributed by atoms with Crippen LogP contribution in [0.4, 0.5) is 4.79 Å². The van der Waals surface area contributed by atoms with Crippen molar-refractivity contribution in [3.63, 3.8) is 0 Å². The predicted octanol–water partition coefficient (Wildman–Crippen LogP) is -1.04. The third kappa shape index (κ3) is 5.12. The van der Waals surface area contributed by atoms with Crippen LogP contribution >= 0.6 is 0 Å². The Bertz CT molecular complexity index is 358. The second-order valence-corrected chi connectivity index (χ2v) is 4.48. The van der Waals surface area contributed by atoms with E-state index in [0.29, 0.717) is 13.2 Å². The quantitative estimate of drug-likeness (QED) is 0.681. The van der Waals surface area contributed by atoms with Crippen molar-refractivity contribution in [3.05, 3.63) is 0 Å². The predicted molar refractivity (Wildman–Crippen MR) is 65.7 cm³/mol. The van der Waals surface area contributed by atoms with Crippen LogP contribution in [-0.4, -0.2) is 79.3 Å². The van der Waals surface area contributed by atoms with Crippen molar-refractivity contribution in [2.24, 2.45) is 0 Å². The zero-order chi connectivity index (χ0) is 14.4. The van der Waals surface area contributed by atoms with Crippen molar-refractivity contribution in [2.75, 3.05) is 40.3 Å². The van der Waals surface area contributed by atoms with Gasteiger partial charge in [-0.15, -0.1) is 0 Å². The third-order valence-electron chi connectivity index (χ3n) is 2.72. The van der Waals surface area contributed by atoms with Crippen LogP contribution in [-0.2, 0) is 14.3 Å². The molecule has 0 radical (unpaired) electrons. The second kappa shape index (κ2) is 6.93. The molecule has 0 aromatic rings. The fourth-order valence-corrected chi connectivity index (χ4v) is 1.64. The van der Waals surface area contributed by atoms with Gasteiger partial charge in [0.05, 0.1) is 25.7 Å². The van der Waals surface area contributed by atoms with Crippen LogP contribution in [0.3, 0.4) is 0 Å². The number of ether oxygens (including phenoxy) is 1. The van der Waals surface area contributed by atoms with Crippen molar-refractivity contribution < 1.29 is 24.2 Å². The van der Waals surface area contributed by atoms with Crippen molar-refractivity contribution >= 4 is 17.9 Å². The van der Waals surface area contributed by atoms with E-state index in [2.05, 4.69) is 5.32 Å². The summed E-state index contributed by atoms with van der Waals surface area (Å²) in [5.74, 6) is -1.17. The van der Waals surface area contributed by atoms with Gasteiger partial charge >= 0.3 is 12.0 Å². The first kappa shape index (κ1) is 15.2. The number of nitrogens with one attached hydrogen (secondary N) is 1. The van der Waals surface area contributed by atoms with Gasteiger partial charge in [-0.25, -0.2) is 4.79 Å². The van der Waals surface area contributed by atoms with E-state index >= 15 is 0 Å². The molecule has 108 valence electrons. The fourth-order valence-electron chi connectivity index (χ4n) is 1.64. The van der Waals surface area contributed by atoms with Crippen molar-refractivity contribution in [1.82, 2.24) is 15.1 Å². The molecule has 2 N–H and O–H groups in total. The third-order valence-corrected chi connectivity index (χ3v) is 2.72. The molecule has 1 heterocycles. The molecule has 1 fully saturated rings. The normalized spacial score (nSPS) is 18.8. The van der Waals surface area contributed by atoms with E-state index in [4.69, 9.17) is 9.84 Å². The Morgan fingerprint density at radius 3 is 2.68 bits per heavy atom. The summed E-state index contributed by atoms with van der Waals surface area (Å²) in [6, 6.07) is -0.381. The molecule has 0 aromatic carbocycles. The molecule has 0 spiro atoms. The average molecular weight is 273 g/mol. The van der Waals surface area contributed by atoms with Crippen LogP contribution in [0.5, 0.6) is 0 Å². The molecule has 0 bridgehead atoms. The number of carbonyl (C=O) groups is 3. The van der Waals surface area contributed by atoms with E-state index in [0.717, 1.165) is 0 Å². The van der Waals surface area contributed by atoms with Gasteiger partial charge in [0.15, 0.2) is 0 Å². The molecule has 0 saturated carbocycles. The van der Waals surface area contributed by atoms with E-state index in [1.807, 2.05) is 0 Å². The van der Waals surface area contributed by atoms with Gasteiger partial charge in [0, 0.05) is 27.2 Å². The number of hydrogen-bond acceptors (Lipinski definition) is 4. The van der Waals surface area contributed by atoms with Gasteiger partial charge in [-0.2, -0.15) is 0 Å². The SMILES string of the molecule is CN(C)C(=O)CNC(=O)N1CCOC(CC(=O)O)C1. The molecule has 1 saturated heterocycles. The molecule has 1 unspecified atom stereocenters. The maximum absolute atomic E-state index is 11.8. The Kier molecular flexibility index (Phi) is 5.56. The summed E-state index contributed by atoms with van der Waals surface area (Å²) in [5, 5.41) is 11.2. The van der Waals surface area contributed by atoms with Crippen LogP contribution < -0.4 is 5.32 Å². The number of carboxylic acid groups (broad SMARTS) is 1. The van der Waals surface area contributed by atoms with Gasteiger partial charge in [-0.1, -0.05) is 0 Å². The minimum Gasteiger partial charge on any atom is -0.481 e. The van der Waals surface area contributed by atoms with Crippen LogP contribution in [0.2, 0.25) is 0 Å².